The summed E-state index contributed by atoms with van der Waals surface area (Å²) in [6, 6.07) is 0. The summed E-state index contributed by atoms with van der Waals surface area (Å²) in [6.45, 7) is 2.26. The minimum atomic E-state index is 1.22. The van der Waals surface area contributed by atoms with Gasteiger partial charge in [0, 0.05) is 6.42 Å². The Morgan fingerprint density at radius 2 is 1.85 bits per heavy atom. The first-order valence-electron chi connectivity index (χ1n) is 5.55. The minimum absolute atomic E-state index is 1.22. The highest BCUT2D eigenvalue weighted by Gasteiger charge is 1.99. The molecule has 0 heterocycles. The van der Waals surface area contributed by atoms with Crippen LogP contribution in [0.15, 0.2) is 23.8 Å². The van der Waals surface area contributed by atoms with Gasteiger partial charge in [-0.25, -0.2) is 0 Å². The molecule has 0 heteroatoms. The summed E-state index contributed by atoms with van der Waals surface area (Å²) in [5.74, 6) is 0. The van der Waals surface area contributed by atoms with Crippen molar-refractivity contribution in [1.82, 2.24) is 0 Å². The van der Waals surface area contributed by atoms with E-state index in [0.717, 1.165) is 0 Å². The van der Waals surface area contributed by atoms with Crippen LogP contribution in [0.3, 0.4) is 0 Å². The fourth-order valence-electron chi connectivity index (χ4n) is 1.62. The highest BCUT2D eigenvalue weighted by molar-refractivity contribution is 5.33. The number of unbranched alkanes of at least 4 members (excludes halogenated alkanes) is 5. The molecule has 0 nitrogen and oxygen atoms in total. The molecule has 0 fully saturated rings. The van der Waals surface area contributed by atoms with Gasteiger partial charge in [-0.15, -0.1) is 0 Å². The van der Waals surface area contributed by atoms with Gasteiger partial charge >= 0.3 is 0 Å². The van der Waals surface area contributed by atoms with Crippen molar-refractivity contribution in [3.05, 3.63) is 30.2 Å². The molecule has 1 aliphatic rings. The van der Waals surface area contributed by atoms with Crippen molar-refractivity contribution in [3.8, 4) is 0 Å². The third kappa shape index (κ3) is 4.92. The first-order valence-corrected chi connectivity index (χ1v) is 5.55. The molecule has 0 N–H and O–H groups in total. The Balaban J connectivity index is 1.84. The number of hydrogen-bond acceptors (Lipinski definition) is 0. The quantitative estimate of drug-likeness (QED) is 0.507. The average molecular weight is 176 g/mol. The van der Waals surface area contributed by atoms with E-state index in [0.29, 0.717) is 0 Å². The Labute approximate surface area is 82.7 Å². The van der Waals surface area contributed by atoms with Crippen molar-refractivity contribution in [2.75, 3.05) is 0 Å². The van der Waals surface area contributed by atoms with Crippen molar-refractivity contribution in [2.45, 2.75) is 51.9 Å². The molecule has 13 heavy (non-hydrogen) atoms. The van der Waals surface area contributed by atoms with E-state index in [1.807, 2.05) is 6.08 Å². The zero-order valence-electron chi connectivity index (χ0n) is 8.68. The molecular formula is C13H20. The molecule has 0 atom stereocenters. The molecule has 2 radical (unpaired) electrons. The molecule has 1 rings (SSSR count). The standard InChI is InChI=1S/C13H20/c1-2-3-4-5-6-7-10-13-11-8-9-12-13/h8-9,11H,2-7,10H2,1H3. The lowest BCUT2D eigenvalue weighted by Gasteiger charge is -2.01. The number of rotatable bonds is 7. The maximum Gasteiger partial charge on any atom is 0.0378 e. The van der Waals surface area contributed by atoms with E-state index in [4.69, 9.17) is 0 Å². The first kappa shape index (κ1) is 10.6. The van der Waals surface area contributed by atoms with E-state index in [1.54, 1.807) is 0 Å². The molecule has 0 saturated carbocycles. The van der Waals surface area contributed by atoms with Gasteiger partial charge in [0.15, 0.2) is 0 Å². The highest BCUT2D eigenvalue weighted by Crippen LogP contribution is 2.17. The number of allylic oxidation sites excluding steroid dienone is 4. The molecule has 1 aliphatic carbocycles. The molecular weight excluding hydrogens is 156 g/mol. The van der Waals surface area contributed by atoms with Gasteiger partial charge in [0.25, 0.3) is 0 Å². The van der Waals surface area contributed by atoms with Crippen LogP contribution >= 0.6 is 0 Å². The van der Waals surface area contributed by atoms with E-state index >= 15 is 0 Å². The first-order chi connectivity index (χ1) is 6.43. The van der Waals surface area contributed by atoms with Crippen LogP contribution in [0, 0.1) is 6.42 Å². The lowest BCUT2D eigenvalue weighted by atomic mass is 10.0. The van der Waals surface area contributed by atoms with Gasteiger partial charge in [-0.05, 0) is 12.8 Å². The van der Waals surface area contributed by atoms with Gasteiger partial charge in [-0.2, -0.15) is 0 Å². The molecule has 0 unspecified atom stereocenters. The summed E-state index contributed by atoms with van der Waals surface area (Å²) in [6.07, 6.45) is 19.0. The summed E-state index contributed by atoms with van der Waals surface area (Å²) in [7, 11) is 0. The van der Waals surface area contributed by atoms with Gasteiger partial charge < -0.3 is 0 Å². The third-order valence-corrected chi connectivity index (χ3v) is 2.46. The topological polar surface area (TPSA) is 0 Å². The van der Waals surface area contributed by atoms with E-state index < -0.39 is 0 Å². The maximum atomic E-state index is 3.24. The van der Waals surface area contributed by atoms with Crippen LogP contribution in [0.25, 0.3) is 0 Å². The minimum Gasteiger partial charge on any atom is -0.0718 e. The molecule has 0 aromatic heterocycles. The second-order valence-corrected chi connectivity index (χ2v) is 3.71. The summed E-state index contributed by atoms with van der Waals surface area (Å²) < 4.78 is 0. The largest absolute Gasteiger partial charge is 0.0718 e. The molecule has 0 saturated heterocycles. The zero-order chi connectivity index (χ0) is 9.36. The van der Waals surface area contributed by atoms with E-state index in [9.17, 15) is 0 Å². The van der Waals surface area contributed by atoms with Gasteiger partial charge in [0.2, 0.25) is 0 Å². The van der Waals surface area contributed by atoms with Gasteiger partial charge in [0.05, 0.1) is 0 Å². The molecule has 0 aromatic carbocycles. The highest BCUT2D eigenvalue weighted by atomic mass is 14.0. The van der Waals surface area contributed by atoms with Gasteiger partial charge in [-0.3, -0.25) is 0 Å². The maximum absolute atomic E-state index is 3.24. The van der Waals surface area contributed by atoms with Crippen molar-refractivity contribution in [3.63, 3.8) is 0 Å². The Bertz CT molecular complexity index is 174. The van der Waals surface area contributed by atoms with Crippen LogP contribution in [0.4, 0.5) is 0 Å². The zero-order valence-corrected chi connectivity index (χ0v) is 8.68. The van der Waals surface area contributed by atoms with Gasteiger partial charge in [-0.1, -0.05) is 62.8 Å². The van der Waals surface area contributed by atoms with E-state index in [1.165, 1.54) is 50.5 Å². The van der Waals surface area contributed by atoms with Crippen LogP contribution in [-0.2, 0) is 0 Å². The SMILES string of the molecule is CCCCCCCCC1=CC=C[C]1. The van der Waals surface area contributed by atoms with Crippen molar-refractivity contribution < 1.29 is 0 Å². The van der Waals surface area contributed by atoms with Crippen LogP contribution < -0.4 is 0 Å². The van der Waals surface area contributed by atoms with Crippen molar-refractivity contribution in [1.29, 1.82) is 0 Å². The Morgan fingerprint density at radius 1 is 1.08 bits per heavy atom. The Morgan fingerprint density at radius 3 is 2.54 bits per heavy atom. The summed E-state index contributed by atoms with van der Waals surface area (Å²) >= 11 is 0. The predicted octanol–water partition coefficient (Wildman–Crippen LogP) is 4.31. The van der Waals surface area contributed by atoms with Crippen molar-refractivity contribution in [2.24, 2.45) is 0 Å². The average Bonchev–Trinajstić information content (AvgIpc) is 2.63. The molecule has 0 amide bonds. The summed E-state index contributed by atoms with van der Waals surface area (Å²) in [4.78, 5) is 0. The van der Waals surface area contributed by atoms with E-state index in [-0.39, 0.29) is 0 Å². The monoisotopic (exact) mass is 176 g/mol. The van der Waals surface area contributed by atoms with Crippen LogP contribution in [0.1, 0.15) is 51.9 Å². The Kier molecular flexibility index (Phi) is 5.64. The molecule has 0 aliphatic heterocycles. The second kappa shape index (κ2) is 6.94. The lowest BCUT2D eigenvalue weighted by Crippen LogP contribution is -1.82. The number of hydrogen-bond donors (Lipinski definition) is 0. The Hall–Kier alpha value is -0.520. The van der Waals surface area contributed by atoms with Crippen LogP contribution in [-0.4, -0.2) is 0 Å². The second-order valence-electron chi connectivity index (χ2n) is 3.71. The molecule has 0 bridgehead atoms. The normalized spacial score (nSPS) is 15.0. The van der Waals surface area contributed by atoms with E-state index in [2.05, 4.69) is 25.5 Å². The fraction of sp³-hybridized carbons (Fsp3) is 0.615. The molecule has 72 valence electrons. The lowest BCUT2D eigenvalue weighted by molar-refractivity contribution is 0.607. The fourth-order valence-corrected chi connectivity index (χ4v) is 1.62. The van der Waals surface area contributed by atoms with Gasteiger partial charge in [0.1, 0.15) is 0 Å². The smallest absolute Gasteiger partial charge is 0.0378 e. The van der Waals surface area contributed by atoms with Crippen LogP contribution in [0.5, 0.6) is 0 Å². The van der Waals surface area contributed by atoms with Crippen molar-refractivity contribution >= 4 is 0 Å². The predicted molar refractivity (Wildman–Crippen MR) is 58.5 cm³/mol. The third-order valence-electron chi connectivity index (χ3n) is 2.46. The molecule has 0 aromatic rings. The molecule has 0 spiro atoms. The van der Waals surface area contributed by atoms with Crippen LogP contribution in [0.2, 0.25) is 0 Å². The summed E-state index contributed by atoms with van der Waals surface area (Å²) in [5.41, 5.74) is 1.38. The summed E-state index contributed by atoms with van der Waals surface area (Å²) in [5, 5.41) is 0.